The van der Waals surface area contributed by atoms with Crippen molar-refractivity contribution in [3.05, 3.63) is 29.8 Å². The fourth-order valence-corrected chi connectivity index (χ4v) is 3.32. The summed E-state index contributed by atoms with van der Waals surface area (Å²) in [5.41, 5.74) is 0.825. The van der Waals surface area contributed by atoms with Gasteiger partial charge in [0.05, 0.1) is 4.90 Å². The number of hydrogen-bond acceptors (Lipinski definition) is 8. The van der Waals surface area contributed by atoms with Crippen LogP contribution in [0, 0.1) is 6.92 Å². The largest absolute Gasteiger partial charge is 0.387 e. The van der Waals surface area contributed by atoms with E-state index in [-0.39, 0.29) is 4.90 Å². The molecule has 0 aliphatic heterocycles. The normalized spacial score (nSPS) is 36.3. The molecule has 124 valence electrons. The molecule has 1 aliphatic carbocycles. The van der Waals surface area contributed by atoms with Crippen LogP contribution in [0.3, 0.4) is 0 Å². The molecule has 1 aliphatic rings. The minimum Gasteiger partial charge on any atom is -0.387 e. The quantitative estimate of drug-likeness (QED) is 0.395. The minimum absolute atomic E-state index is 0.201. The molecule has 0 saturated heterocycles. The second kappa shape index (κ2) is 6.20. The molecule has 2 unspecified atom stereocenters. The van der Waals surface area contributed by atoms with Crippen LogP contribution in [-0.4, -0.2) is 70.6 Å². The molecular weight excluding hydrogens is 316 g/mol. The van der Waals surface area contributed by atoms with Crippen LogP contribution in [-0.2, 0) is 14.3 Å². The predicted octanol–water partition coefficient (Wildman–Crippen LogP) is -2.11. The lowest BCUT2D eigenvalue weighted by Crippen LogP contribution is -2.64. The molecule has 1 aromatic carbocycles. The first kappa shape index (κ1) is 17.3. The Labute approximate surface area is 127 Å². The maximum Gasteiger partial charge on any atom is 0.297 e. The van der Waals surface area contributed by atoms with E-state index >= 15 is 0 Å². The highest BCUT2D eigenvalue weighted by molar-refractivity contribution is 7.86. The van der Waals surface area contributed by atoms with Gasteiger partial charge in [0.2, 0.25) is 0 Å². The number of aryl methyl sites for hydroxylation is 1. The molecule has 0 radical (unpaired) electrons. The van der Waals surface area contributed by atoms with Crippen molar-refractivity contribution >= 4 is 10.1 Å². The van der Waals surface area contributed by atoms with Gasteiger partial charge in [-0.05, 0) is 19.1 Å². The standard InChI is InChI=1S/C13H18O8S/c1-6-2-4-7(5-3-6)22(19,20)21-13-11(17)9(15)8(14)10(16)12(13)18/h2-5,8-18H,1H3/t8?,9-,10+,11+,12-,13?. The molecule has 2 rings (SSSR count). The Bertz CT molecular complexity index is 597. The Morgan fingerprint density at radius 2 is 1.23 bits per heavy atom. The first-order valence-corrected chi connectivity index (χ1v) is 7.96. The first-order chi connectivity index (χ1) is 10.1. The molecule has 8 nitrogen and oxygen atoms in total. The summed E-state index contributed by atoms with van der Waals surface area (Å²) in [5.74, 6) is 0. The summed E-state index contributed by atoms with van der Waals surface area (Å²) in [6, 6.07) is 5.65. The summed E-state index contributed by atoms with van der Waals surface area (Å²) in [7, 11) is -4.33. The predicted molar refractivity (Wildman–Crippen MR) is 73.3 cm³/mol. The van der Waals surface area contributed by atoms with Crippen molar-refractivity contribution in [1.82, 2.24) is 0 Å². The number of aliphatic hydroxyl groups is 5. The molecule has 1 saturated carbocycles. The van der Waals surface area contributed by atoms with Crippen molar-refractivity contribution in [2.75, 3.05) is 0 Å². The summed E-state index contributed by atoms with van der Waals surface area (Å²) in [4.78, 5) is -0.201. The zero-order valence-electron chi connectivity index (χ0n) is 11.6. The highest BCUT2D eigenvalue weighted by atomic mass is 32.2. The number of aliphatic hydroxyl groups excluding tert-OH is 5. The molecule has 5 N–H and O–H groups in total. The Hall–Kier alpha value is -1.07. The van der Waals surface area contributed by atoms with Gasteiger partial charge in [-0.1, -0.05) is 17.7 Å². The maximum atomic E-state index is 12.1. The Kier molecular flexibility index (Phi) is 4.87. The van der Waals surface area contributed by atoms with Gasteiger partial charge in [-0.3, -0.25) is 4.18 Å². The van der Waals surface area contributed by atoms with Gasteiger partial charge in [-0.25, -0.2) is 0 Å². The number of hydrogen-bond donors (Lipinski definition) is 5. The van der Waals surface area contributed by atoms with Crippen LogP contribution in [0.1, 0.15) is 5.56 Å². The third kappa shape index (κ3) is 3.15. The number of benzene rings is 1. The minimum atomic E-state index is -4.33. The monoisotopic (exact) mass is 334 g/mol. The van der Waals surface area contributed by atoms with Gasteiger partial charge in [0.15, 0.2) is 0 Å². The lowest BCUT2D eigenvalue weighted by atomic mass is 9.85. The molecule has 0 aromatic heterocycles. The third-order valence-corrected chi connectivity index (χ3v) is 4.95. The van der Waals surface area contributed by atoms with Gasteiger partial charge in [-0.15, -0.1) is 0 Å². The Morgan fingerprint density at radius 3 is 1.68 bits per heavy atom. The lowest BCUT2D eigenvalue weighted by molar-refractivity contribution is -0.216. The molecule has 0 amide bonds. The van der Waals surface area contributed by atoms with Crippen LogP contribution in [0.15, 0.2) is 29.2 Å². The maximum absolute atomic E-state index is 12.1. The molecule has 1 aromatic rings. The van der Waals surface area contributed by atoms with Crippen LogP contribution in [0.25, 0.3) is 0 Å². The summed E-state index contributed by atoms with van der Waals surface area (Å²) < 4.78 is 29.0. The van der Waals surface area contributed by atoms with Crippen molar-refractivity contribution in [3.63, 3.8) is 0 Å². The lowest BCUT2D eigenvalue weighted by Gasteiger charge is -2.40. The highest BCUT2D eigenvalue weighted by Gasteiger charge is 2.50. The van der Waals surface area contributed by atoms with Crippen LogP contribution in [0.4, 0.5) is 0 Å². The van der Waals surface area contributed by atoms with Crippen LogP contribution in [0.5, 0.6) is 0 Å². The number of rotatable bonds is 3. The smallest absolute Gasteiger partial charge is 0.297 e. The van der Waals surface area contributed by atoms with E-state index in [1.165, 1.54) is 24.3 Å². The summed E-state index contributed by atoms with van der Waals surface area (Å²) in [5, 5.41) is 48.1. The van der Waals surface area contributed by atoms with Crippen LogP contribution in [0.2, 0.25) is 0 Å². The van der Waals surface area contributed by atoms with E-state index in [1.54, 1.807) is 6.92 Å². The Morgan fingerprint density at radius 1 is 0.818 bits per heavy atom. The molecule has 6 atom stereocenters. The molecule has 0 heterocycles. The molecule has 0 spiro atoms. The SMILES string of the molecule is Cc1ccc(S(=O)(=O)OC2[C@@H](O)[C@H](O)C(O)[C@H](O)[C@H]2O)cc1. The highest BCUT2D eigenvalue weighted by Crippen LogP contribution is 2.27. The van der Waals surface area contributed by atoms with Gasteiger partial charge in [0.25, 0.3) is 10.1 Å². The average molecular weight is 334 g/mol. The zero-order chi connectivity index (χ0) is 16.7. The molecule has 22 heavy (non-hydrogen) atoms. The van der Waals surface area contributed by atoms with Crippen molar-refractivity contribution in [3.8, 4) is 0 Å². The van der Waals surface area contributed by atoms with Crippen molar-refractivity contribution in [2.24, 2.45) is 0 Å². The van der Waals surface area contributed by atoms with Crippen molar-refractivity contribution in [1.29, 1.82) is 0 Å². The molecule has 9 heteroatoms. The molecule has 0 bridgehead atoms. The van der Waals surface area contributed by atoms with Crippen LogP contribution < -0.4 is 0 Å². The fraction of sp³-hybridized carbons (Fsp3) is 0.538. The van der Waals surface area contributed by atoms with E-state index in [9.17, 15) is 34.0 Å². The van der Waals surface area contributed by atoms with Gasteiger partial charge in [-0.2, -0.15) is 8.42 Å². The second-order valence-corrected chi connectivity index (χ2v) is 6.85. The van der Waals surface area contributed by atoms with E-state index in [0.717, 1.165) is 5.56 Å². The Balaban J connectivity index is 2.26. The van der Waals surface area contributed by atoms with E-state index in [0.29, 0.717) is 0 Å². The van der Waals surface area contributed by atoms with Gasteiger partial charge in [0, 0.05) is 0 Å². The molecular formula is C13H18O8S. The van der Waals surface area contributed by atoms with Gasteiger partial charge in [0.1, 0.15) is 36.6 Å². The second-order valence-electron chi connectivity index (χ2n) is 5.28. The van der Waals surface area contributed by atoms with E-state index in [1.807, 2.05) is 0 Å². The topological polar surface area (TPSA) is 145 Å². The summed E-state index contributed by atoms with van der Waals surface area (Å²) in [6.45, 7) is 1.76. The zero-order valence-corrected chi connectivity index (χ0v) is 12.5. The summed E-state index contributed by atoms with van der Waals surface area (Å²) >= 11 is 0. The van der Waals surface area contributed by atoms with Gasteiger partial charge < -0.3 is 25.5 Å². The third-order valence-electron chi connectivity index (χ3n) is 3.62. The molecule has 1 fully saturated rings. The summed E-state index contributed by atoms with van der Waals surface area (Å²) in [6.07, 6.45) is -11.1. The van der Waals surface area contributed by atoms with E-state index in [4.69, 9.17) is 4.18 Å². The van der Waals surface area contributed by atoms with Crippen molar-refractivity contribution < 1.29 is 38.1 Å². The van der Waals surface area contributed by atoms with Crippen molar-refractivity contribution in [2.45, 2.75) is 48.4 Å². The average Bonchev–Trinajstić information content (AvgIpc) is 2.48. The van der Waals surface area contributed by atoms with Crippen LogP contribution >= 0.6 is 0 Å². The fourth-order valence-electron chi connectivity index (χ4n) is 2.22. The van der Waals surface area contributed by atoms with Gasteiger partial charge >= 0.3 is 0 Å². The van der Waals surface area contributed by atoms with E-state index < -0.39 is 46.7 Å². The first-order valence-electron chi connectivity index (χ1n) is 6.55. The van der Waals surface area contributed by atoms with E-state index in [2.05, 4.69) is 0 Å².